The number of nitrogens with one attached hydrogen (secondary N) is 1. The van der Waals surface area contributed by atoms with Crippen molar-refractivity contribution >= 4 is 15.9 Å². The molecule has 1 atom stereocenters. The predicted octanol–water partition coefficient (Wildman–Crippen LogP) is 4.08. The zero-order chi connectivity index (χ0) is 14.7. The number of rotatable bonds is 5. The number of furan rings is 1. The molecule has 0 saturated heterocycles. The molecule has 1 N–H and O–H groups in total. The Morgan fingerprint density at radius 3 is 2.81 bits per heavy atom. The number of aromatic nitrogens is 2. The van der Waals surface area contributed by atoms with Crippen LogP contribution in [-0.4, -0.2) is 9.78 Å². The van der Waals surface area contributed by atoms with Crippen molar-refractivity contribution in [3.05, 3.63) is 70.9 Å². The van der Waals surface area contributed by atoms with E-state index in [-0.39, 0.29) is 6.04 Å². The normalized spacial score (nSPS) is 12.5. The Balaban J connectivity index is 1.74. The van der Waals surface area contributed by atoms with Crippen molar-refractivity contribution in [3.8, 4) is 5.69 Å². The molecule has 1 unspecified atom stereocenters. The van der Waals surface area contributed by atoms with E-state index in [0.717, 1.165) is 22.7 Å². The van der Waals surface area contributed by atoms with Gasteiger partial charge in [-0.25, -0.2) is 4.68 Å². The summed E-state index contributed by atoms with van der Waals surface area (Å²) >= 11 is 3.33. The smallest absolute Gasteiger partial charge is 0.169 e. The fourth-order valence-corrected chi connectivity index (χ4v) is 2.54. The first-order valence-electron chi connectivity index (χ1n) is 6.80. The van der Waals surface area contributed by atoms with Crippen LogP contribution in [-0.2, 0) is 6.54 Å². The van der Waals surface area contributed by atoms with E-state index in [0.29, 0.717) is 0 Å². The van der Waals surface area contributed by atoms with Crippen LogP contribution in [0.15, 0.2) is 63.9 Å². The SMILES string of the molecule is CC(NCc1ccccc1-n1cccn1)c1ccc(Br)o1. The maximum atomic E-state index is 5.57. The van der Waals surface area contributed by atoms with Crippen LogP contribution in [0.4, 0.5) is 0 Å². The van der Waals surface area contributed by atoms with Crippen LogP contribution in [0.25, 0.3) is 5.69 Å². The second-order valence-corrected chi connectivity index (χ2v) is 5.61. The molecule has 0 radical (unpaired) electrons. The summed E-state index contributed by atoms with van der Waals surface area (Å²) in [6, 6.07) is 14.2. The molecule has 0 saturated carbocycles. The summed E-state index contributed by atoms with van der Waals surface area (Å²) in [7, 11) is 0. The van der Waals surface area contributed by atoms with Gasteiger partial charge in [0, 0.05) is 18.9 Å². The molecule has 0 aliphatic carbocycles. The maximum Gasteiger partial charge on any atom is 0.169 e. The quantitative estimate of drug-likeness (QED) is 0.757. The molecule has 4 nitrogen and oxygen atoms in total. The second-order valence-electron chi connectivity index (χ2n) is 4.82. The summed E-state index contributed by atoms with van der Waals surface area (Å²) < 4.78 is 8.21. The number of hydrogen-bond acceptors (Lipinski definition) is 3. The number of hydrogen-bond donors (Lipinski definition) is 1. The largest absolute Gasteiger partial charge is 0.453 e. The summed E-state index contributed by atoms with van der Waals surface area (Å²) in [6.45, 7) is 2.83. The lowest BCUT2D eigenvalue weighted by Crippen LogP contribution is -2.18. The molecule has 5 heteroatoms. The van der Waals surface area contributed by atoms with Gasteiger partial charge in [-0.15, -0.1) is 0 Å². The van der Waals surface area contributed by atoms with Crippen molar-refractivity contribution in [2.75, 3.05) is 0 Å². The van der Waals surface area contributed by atoms with E-state index in [1.165, 1.54) is 5.56 Å². The van der Waals surface area contributed by atoms with Crippen molar-refractivity contribution < 1.29 is 4.42 Å². The van der Waals surface area contributed by atoms with Gasteiger partial charge in [0.1, 0.15) is 5.76 Å². The highest BCUT2D eigenvalue weighted by atomic mass is 79.9. The Labute approximate surface area is 131 Å². The molecule has 0 spiro atoms. The minimum absolute atomic E-state index is 0.141. The van der Waals surface area contributed by atoms with Gasteiger partial charge in [-0.3, -0.25) is 0 Å². The summed E-state index contributed by atoms with van der Waals surface area (Å²) in [5.74, 6) is 0.915. The zero-order valence-corrected chi connectivity index (χ0v) is 13.2. The zero-order valence-electron chi connectivity index (χ0n) is 11.7. The van der Waals surface area contributed by atoms with Gasteiger partial charge in [-0.1, -0.05) is 18.2 Å². The predicted molar refractivity (Wildman–Crippen MR) is 85.2 cm³/mol. The Kier molecular flexibility index (Phi) is 4.22. The van der Waals surface area contributed by atoms with Crippen molar-refractivity contribution in [3.63, 3.8) is 0 Å². The summed E-state index contributed by atoms with van der Waals surface area (Å²) in [5, 5.41) is 7.78. The molecule has 0 fully saturated rings. The van der Waals surface area contributed by atoms with Crippen molar-refractivity contribution in [2.24, 2.45) is 0 Å². The third kappa shape index (κ3) is 3.25. The minimum atomic E-state index is 0.141. The van der Waals surface area contributed by atoms with Gasteiger partial charge in [-0.05, 0) is 52.7 Å². The topological polar surface area (TPSA) is 43.0 Å². The summed E-state index contributed by atoms with van der Waals surface area (Å²) in [4.78, 5) is 0. The van der Waals surface area contributed by atoms with Gasteiger partial charge in [-0.2, -0.15) is 5.10 Å². The molecule has 0 amide bonds. The summed E-state index contributed by atoms with van der Waals surface area (Å²) in [5.41, 5.74) is 2.28. The first kappa shape index (κ1) is 14.1. The number of halogens is 1. The lowest BCUT2D eigenvalue weighted by atomic mass is 10.1. The monoisotopic (exact) mass is 345 g/mol. The molecule has 0 aliphatic heterocycles. The molecule has 21 heavy (non-hydrogen) atoms. The standard InChI is InChI=1S/C16H16BrN3O/c1-12(15-7-8-16(17)21-15)18-11-13-5-2-3-6-14(13)20-10-4-9-19-20/h2-10,12,18H,11H2,1H3. The molecular weight excluding hydrogens is 330 g/mol. The van der Waals surface area contributed by atoms with Crippen molar-refractivity contribution in [2.45, 2.75) is 19.5 Å². The van der Waals surface area contributed by atoms with E-state index >= 15 is 0 Å². The molecule has 0 aliphatic rings. The third-order valence-electron chi connectivity index (χ3n) is 3.36. The molecule has 0 bridgehead atoms. The second kappa shape index (κ2) is 6.28. The van der Waals surface area contributed by atoms with Crippen LogP contribution in [0.3, 0.4) is 0 Å². The van der Waals surface area contributed by atoms with E-state index < -0.39 is 0 Å². The highest BCUT2D eigenvalue weighted by Crippen LogP contribution is 2.21. The molecule has 3 rings (SSSR count). The molecule has 108 valence electrons. The highest BCUT2D eigenvalue weighted by Gasteiger charge is 2.11. The van der Waals surface area contributed by atoms with Gasteiger partial charge >= 0.3 is 0 Å². The lowest BCUT2D eigenvalue weighted by Gasteiger charge is -2.14. The van der Waals surface area contributed by atoms with E-state index in [4.69, 9.17) is 4.42 Å². The van der Waals surface area contributed by atoms with E-state index in [9.17, 15) is 0 Å². The van der Waals surface area contributed by atoms with Crippen molar-refractivity contribution in [1.82, 2.24) is 15.1 Å². The lowest BCUT2D eigenvalue weighted by molar-refractivity contribution is 0.417. The van der Waals surface area contributed by atoms with Crippen LogP contribution in [0, 0.1) is 0 Å². The number of benzene rings is 1. The first-order chi connectivity index (χ1) is 10.2. The van der Waals surface area contributed by atoms with Crippen LogP contribution in [0.1, 0.15) is 24.3 Å². The fraction of sp³-hybridized carbons (Fsp3) is 0.188. The van der Waals surface area contributed by atoms with Gasteiger partial charge < -0.3 is 9.73 Å². The van der Waals surface area contributed by atoms with E-state index in [1.807, 2.05) is 41.2 Å². The van der Waals surface area contributed by atoms with Gasteiger partial charge in [0.2, 0.25) is 0 Å². The minimum Gasteiger partial charge on any atom is -0.453 e. The molecule has 2 heterocycles. The Morgan fingerprint density at radius 2 is 2.10 bits per heavy atom. The van der Waals surface area contributed by atoms with Gasteiger partial charge in [0.25, 0.3) is 0 Å². The van der Waals surface area contributed by atoms with Crippen LogP contribution in [0.5, 0.6) is 0 Å². The highest BCUT2D eigenvalue weighted by molar-refractivity contribution is 9.10. The van der Waals surface area contributed by atoms with Gasteiger partial charge in [0.15, 0.2) is 4.67 Å². The molecular formula is C16H16BrN3O. The average Bonchev–Trinajstić information content (AvgIpc) is 3.16. The Morgan fingerprint density at radius 1 is 1.24 bits per heavy atom. The maximum absolute atomic E-state index is 5.57. The number of nitrogens with zero attached hydrogens (tertiary/aromatic N) is 2. The number of para-hydroxylation sites is 1. The van der Waals surface area contributed by atoms with E-state index in [1.54, 1.807) is 6.20 Å². The van der Waals surface area contributed by atoms with Crippen molar-refractivity contribution in [1.29, 1.82) is 0 Å². The van der Waals surface area contributed by atoms with Gasteiger partial charge in [0.05, 0.1) is 11.7 Å². The Bertz CT molecular complexity index is 706. The van der Waals surface area contributed by atoms with Crippen LogP contribution in [0.2, 0.25) is 0 Å². The van der Waals surface area contributed by atoms with Crippen LogP contribution >= 0.6 is 15.9 Å². The van der Waals surface area contributed by atoms with Crippen LogP contribution < -0.4 is 5.32 Å². The average molecular weight is 346 g/mol. The molecule has 3 aromatic rings. The third-order valence-corrected chi connectivity index (χ3v) is 3.79. The van der Waals surface area contributed by atoms with E-state index in [2.05, 4.69) is 45.4 Å². The Hall–Kier alpha value is -1.85. The first-order valence-corrected chi connectivity index (χ1v) is 7.60. The molecule has 2 aromatic heterocycles. The fourth-order valence-electron chi connectivity index (χ4n) is 2.22. The summed E-state index contributed by atoms with van der Waals surface area (Å²) in [6.07, 6.45) is 3.74. The molecule has 1 aromatic carbocycles.